The molecule has 0 saturated heterocycles. The topological polar surface area (TPSA) is 64.3 Å². The van der Waals surface area contributed by atoms with Crippen molar-refractivity contribution < 1.29 is 4.74 Å². The first-order valence-corrected chi connectivity index (χ1v) is 7.48. The van der Waals surface area contributed by atoms with Crippen LogP contribution in [0.3, 0.4) is 0 Å². The van der Waals surface area contributed by atoms with Gasteiger partial charge in [-0.2, -0.15) is 4.52 Å². The minimum Gasteiger partial charge on any atom is -0.375 e. The van der Waals surface area contributed by atoms with Gasteiger partial charge in [-0.25, -0.2) is 0 Å². The van der Waals surface area contributed by atoms with Crippen molar-refractivity contribution in [2.45, 2.75) is 6.92 Å². The van der Waals surface area contributed by atoms with E-state index in [0.717, 1.165) is 22.8 Å². The number of benzene rings is 1. The van der Waals surface area contributed by atoms with E-state index in [1.165, 1.54) is 0 Å². The summed E-state index contributed by atoms with van der Waals surface area (Å²) in [7, 11) is 0. The van der Waals surface area contributed by atoms with Gasteiger partial charge >= 0.3 is 0 Å². The molecule has 6 heteroatoms. The van der Waals surface area contributed by atoms with Gasteiger partial charge in [-0.05, 0) is 19.1 Å². The highest BCUT2D eigenvalue weighted by molar-refractivity contribution is 5.59. The van der Waals surface area contributed by atoms with Gasteiger partial charge in [0.15, 0.2) is 11.5 Å². The fourth-order valence-electron chi connectivity index (χ4n) is 2.15. The molecule has 0 spiro atoms. The minimum atomic E-state index is 0.581. The summed E-state index contributed by atoms with van der Waals surface area (Å²) in [6.07, 6.45) is 0. The zero-order valence-corrected chi connectivity index (χ0v) is 13.1. The Morgan fingerprint density at radius 2 is 2.00 bits per heavy atom. The molecule has 23 heavy (non-hydrogen) atoms. The average molecular weight is 309 g/mol. The molecular formula is C17H19N5O. The lowest BCUT2D eigenvalue weighted by atomic mass is 10.2. The highest BCUT2D eigenvalue weighted by atomic mass is 16.5. The third-order valence-corrected chi connectivity index (χ3v) is 3.20. The van der Waals surface area contributed by atoms with Crippen LogP contribution in [0.15, 0.2) is 54.6 Å². The normalized spacial score (nSPS) is 10.8. The van der Waals surface area contributed by atoms with Gasteiger partial charge in [0.25, 0.3) is 0 Å². The molecule has 0 atom stereocenters. The first-order valence-electron chi connectivity index (χ1n) is 7.48. The smallest absolute Gasteiger partial charge is 0.185 e. The van der Waals surface area contributed by atoms with Gasteiger partial charge in [0.1, 0.15) is 5.82 Å². The molecule has 118 valence electrons. The summed E-state index contributed by atoms with van der Waals surface area (Å²) in [4.78, 5) is 0. The van der Waals surface area contributed by atoms with Gasteiger partial charge in [0, 0.05) is 12.1 Å². The van der Waals surface area contributed by atoms with Gasteiger partial charge < -0.3 is 10.1 Å². The molecule has 6 nitrogen and oxygen atoms in total. The number of nitrogens with one attached hydrogen (secondary N) is 1. The zero-order valence-electron chi connectivity index (χ0n) is 13.1. The van der Waals surface area contributed by atoms with E-state index < -0.39 is 0 Å². The molecule has 1 N–H and O–H groups in total. The van der Waals surface area contributed by atoms with Crippen LogP contribution in [-0.4, -0.2) is 39.6 Å². The molecule has 0 aliphatic rings. The van der Waals surface area contributed by atoms with E-state index in [4.69, 9.17) is 4.74 Å². The molecule has 0 bridgehead atoms. The lowest BCUT2D eigenvalue weighted by Crippen LogP contribution is -2.12. The van der Waals surface area contributed by atoms with Crippen molar-refractivity contribution in [2.75, 3.05) is 25.1 Å². The van der Waals surface area contributed by atoms with Gasteiger partial charge in [-0.15, -0.1) is 15.3 Å². The van der Waals surface area contributed by atoms with E-state index in [9.17, 15) is 0 Å². The number of aromatic nitrogens is 4. The summed E-state index contributed by atoms with van der Waals surface area (Å²) >= 11 is 0. The molecule has 0 aliphatic carbocycles. The predicted octanol–water partition coefficient (Wildman–Crippen LogP) is 2.80. The van der Waals surface area contributed by atoms with Crippen molar-refractivity contribution >= 4 is 11.5 Å². The van der Waals surface area contributed by atoms with E-state index in [-0.39, 0.29) is 0 Å². The minimum absolute atomic E-state index is 0.581. The van der Waals surface area contributed by atoms with Crippen LogP contribution in [0.25, 0.3) is 17.0 Å². The molecule has 0 unspecified atom stereocenters. The molecular weight excluding hydrogens is 290 g/mol. The van der Waals surface area contributed by atoms with Crippen molar-refractivity contribution in [1.29, 1.82) is 0 Å². The highest BCUT2D eigenvalue weighted by Crippen LogP contribution is 2.17. The van der Waals surface area contributed by atoms with Gasteiger partial charge in [-0.3, -0.25) is 0 Å². The SMILES string of the molecule is C=C(C)COCCNc1ccc2nnc(-c3ccccc3)n2n1. The zero-order chi connectivity index (χ0) is 16.1. The van der Waals surface area contributed by atoms with Crippen LogP contribution in [-0.2, 0) is 4.74 Å². The van der Waals surface area contributed by atoms with Crippen molar-refractivity contribution in [2.24, 2.45) is 0 Å². The Hall–Kier alpha value is -2.73. The second-order valence-corrected chi connectivity index (χ2v) is 5.31. The molecule has 1 aromatic carbocycles. The van der Waals surface area contributed by atoms with Crippen LogP contribution in [0.2, 0.25) is 0 Å². The summed E-state index contributed by atoms with van der Waals surface area (Å²) in [5.74, 6) is 1.48. The number of hydrogen-bond donors (Lipinski definition) is 1. The molecule has 2 aromatic heterocycles. The summed E-state index contributed by atoms with van der Waals surface area (Å²) in [5.41, 5.74) is 2.71. The van der Waals surface area contributed by atoms with Crippen molar-refractivity contribution in [3.05, 3.63) is 54.6 Å². The summed E-state index contributed by atoms with van der Waals surface area (Å²) in [6, 6.07) is 13.7. The summed E-state index contributed by atoms with van der Waals surface area (Å²) in [6.45, 7) is 7.60. The van der Waals surface area contributed by atoms with Crippen molar-refractivity contribution in [1.82, 2.24) is 19.8 Å². The molecule has 3 rings (SSSR count). The van der Waals surface area contributed by atoms with Crippen LogP contribution in [0.5, 0.6) is 0 Å². The largest absolute Gasteiger partial charge is 0.375 e. The fraction of sp³-hybridized carbons (Fsp3) is 0.235. The summed E-state index contributed by atoms with van der Waals surface area (Å²) < 4.78 is 7.20. The molecule has 0 fully saturated rings. The standard InChI is InChI=1S/C17H19N5O/c1-13(2)12-23-11-10-18-15-8-9-16-19-20-17(22(16)21-15)14-6-4-3-5-7-14/h3-9H,1,10-12H2,2H3,(H,18,21). The number of anilines is 1. The fourth-order valence-corrected chi connectivity index (χ4v) is 2.15. The molecule has 0 saturated carbocycles. The predicted molar refractivity (Wildman–Crippen MR) is 90.3 cm³/mol. The molecule has 0 aliphatic heterocycles. The lowest BCUT2D eigenvalue weighted by Gasteiger charge is -2.07. The highest BCUT2D eigenvalue weighted by Gasteiger charge is 2.09. The van der Waals surface area contributed by atoms with Crippen LogP contribution in [0.1, 0.15) is 6.92 Å². The lowest BCUT2D eigenvalue weighted by molar-refractivity contribution is 0.167. The maximum Gasteiger partial charge on any atom is 0.185 e. The molecule has 2 heterocycles. The van der Waals surface area contributed by atoms with Gasteiger partial charge in [-0.1, -0.05) is 42.5 Å². The Bertz CT molecular complexity index is 797. The Kier molecular flexibility index (Phi) is 4.63. The van der Waals surface area contributed by atoms with Crippen LogP contribution >= 0.6 is 0 Å². The first-order chi connectivity index (χ1) is 11.2. The summed E-state index contributed by atoms with van der Waals surface area (Å²) in [5, 5.41) is 16.2. The van der Waals surface area contributed by atoms with Crippen LogP contribution in [0, 0.1) is 0 Å². The number of hydrogen-bond acceptors (Lipinski definition) is 5. The van der Waals surface area contributed by atoms with Crippen LogP contribution < -0.4 is 5.32 Å². The van der Waals surface area contributed by atoms with E-state index in [1.807, 2.05) is 49.4 Å². The number of rotatable bonds is 7. The van der Waals surface area contributed by atoms with Gasteiger partial charge in [0.2, 0.25) is 0 Å². The van der Waals surface area contributed by atoms with Crippen molar-refractivity contribution in [3.8, 4) is 11.4 Å². The Morgan fingerprint density at radius 1 is 1.17 bits per heavy atom. The second-order valence-electron chi connectivity index (χ2n) is 5.31. The third kappa shape index (κ3) is 3.73. The Labute approximate surface area is 134 Å². The van der Waals surface area contributed by atoms with Gasteiger partial charge in [0.05, 0.1) is 13.2 Å². The molecule has 0 radical (unpaired) electrons. The quantitative estimate of drug-likeness (QED) is 0.537. The third-order valence-electron chi connectivity index (χ3n) is 3.20. The second kappa shape index (κ2) is 7.02. The monoisotopic (exact) mass is 309 g/mol. The number of fused-ring (bicyclic) bond motifs is 1. The maximum atomic E-state index is 5.46. The average Bonchev–Trinajstić information content (AvgIpc) is 2.98. The molecule has 3 aromatic rings. The number of ether oxygens (including phenoxy) is 1. The van der Waals surface area contributed by atoms with E-state index in [2.05, 4.69) is 27.2 Å². The maximum absolute atomic E-state index is 5.46. The van der Waals surface area contributed by atoms with Crippen LogP contribution in [0.4, 0.5) is 5.82 Å². The Balaban J connectivity index is 1.72. The van der Waals surface area contributed by atoms with E-state index in [0.29, 0.717) is 25.4 Å². The molecule has 0 amide bonds. The van der Waals surface area contributed by atoms with E-state index in [1.54, 1.807) is 4.52 Å². The first kappa shape index (κ1) is 15.2. The number of nitrogens with zero attached hydrogens (tertiary/aromatic N) is 4. The Morgan fingerprint density at radius 3 is 2.78 bits per heavy atom. The van der Waals surface area contributed by atoms with E-state index >= 15 is 0 Å². The van der Waals surface area contributed by atoms with Crippen molar-refractivity contribution in [3.63, 3.8) is 0 Å².